The molecule has 2 atom stereocenters. The first kappa shape index (κ1) is 17.0. The number of hydrogen-bond donors (Lipinski definition) is 1. The molecule has 2 amide bonds. The molecule has 23 heavy (non-hydrogen) atoms. The number of nitrogens with zero attached hydrogens (tertiary/aromatic N) is 2. The quantitative estimate of drug-likeness (QED) is 0.651. The smallest absolute Gasteiger partial charge is 0.317 e. The summed E-state index contributed by atoms with van der Waals surface area (Å²) in [6.45, 7) is 2.41. The first-order valence-electron chi connectivity index (χ1n) is 7.94. The van der Waals surface area contributed by atoms with Crippen molar-refractivity contribution < 1.29 is 21.6 Å². The largest absolute Gasteiger partial charge is 0.334 e. The first-order valence-corrected chi connectivity index (χ1v) is 11.6. The summed E-state index contributed by atoms with van der Waals surface area (Å²) in [5, 5.41) is 2.80. The fourth-order valence-corrected chi connectivity index (χ4v) is 6.96. The van der Waals surface area contributed by atoms with Crippen molar-refractivity contribution >= 4 is 25.7 Å². The highest BCUT2D eigenvalue weighted by Crippen LogP contribution is 2.19. The minimum atomic E-state index is -3.00. The number of urea groups is 1. The van der Waals surface area contributed by atoms with Gasteiger partial charge in [0.05, 0.1) is 23.0 Å². The zero-order valence-corrected chi connectivity index (χ0v) is 14.6. The number of sulfone groups is 2. The Kier molecular flexibility index (Phi) is 4.58. The van der Waals surface area contributed by atoms with E-state index in [2.05, 4.69) is 10.2 Å². The van der Waals surface area contributed by atoms with Gasteiger partial charge < -0.3 is 10.2 Å². The predicted octanol–water partition coefficient (Wildman–Crippen LogP) is -1.31. The topological polar surface area (TPSA) is 104 Å². The van der Waals surface area contributed by atoms with Gasteiger partial charge in [0, 0.05) is 38.3 Å². The van der Waals surface area contributed by atoms with Gasteiger partial charge >= 0.3 is 6.03 Å². The van der Waals surface area contributed by atoms with Crippen LogP contribution in [0.15, 0.2) is 0 Å². The first-order chi connectivity index (χ1) is 10.7. The highest BCUT2D eigenvalue weighted by molar-refractivity contribution is 7.91. The van der Waals surface area contributed by atoms with Gasteiger partial charge in [-0.25, -0.2) is 21.6 Å². The maximum Gasteiger partial charge on any atom is 0.317 e. The minimum absolute atomic E-state index is 0.0264. The second kappa shape index (κ2) is 6.21. The summed E-state index contributed by atoms with van der Waals surface area (Å²) in [7, 11) is -5.89. The summed E-state index contributed by atoms with van der Waals surface area (Å²) < 4.78 is 45.9. The van der Waals surface area contributed by atoms with Crippen molar-refractivity contribution in [2.75, 3.05) is 49.2 Å². The molecule has 3 rings (SSSR count). The molecule has 0 bridgehead atoms. The Hall–Kier alpha value is -0.870. The second-order valence-electron chi connectivity index (χ2n) is 6.63. The van der Waals surface area contributed by atoms with Gasteiger partial charge in [0.25, 0.3) is 0 Å². The summed E-state index contributed by atoms with van der Waals surface area (Å²) in [5.41, 5.74) is 0. The van der Waals surface area contributed by atoms with E-state index in [1.54, 1.807) is 4.90 Å². The summed E-state index contributed by atoms with van der Waals surface area (Å²) >= 11 is 0. The molecule has 0 radical (unpaired) electrons. The van der Waals surface area contributed by atoms with E-state index in [4.69, 9.17) is 0 Å². The average molecular weight is 365 g/mol. The molecular weight excluding hydrogens is 342 g/mol. The number of piperazine rings is 1. The van der Waals surface area contributed by atoms with Crippen LogP contribution < -0.4 is 5.32 Å². The molecule has 2 unspecified atom stereocenters. The molecule has 1 N–H and O–H groups in total. The molecule has 0 aromatic carbocycles. The third-order valence-electron chi connectivity index (χ3n) is 4.89. The Bertz CT molecular complexity index is 668. The van der Waals surface area contributed by atoms with Crippen LogP contribution in [0.5, 0.6) is 0 Å². The molecule has 3 saturated heterocycles. The fourth-order valence-electron chi connectivity index (χ4n) is 3.53. The Morgan fingerprint density at radius 2 is 1.48 bits per heavy atom. The number of hydrogen-bond acceptors (Lipinski definition) is 6. The van der Waals surface area contributed by atoms with E-state index in [0.29, 0.717) is 39.0 Å². The second-order valence-corrected chi connectivity index (χ2v) is 11.1. The number of carbonyl (C=O) groups is 1. The van der Waals surface area contributed by atoms with Gasteiger partial charge in [0.2, 0.25) is 0 Å². The lowest BCUT2D eigenvalue weighted by atomic mass is 10.2. The van der Waals surface area contributed by atoms with Crippen molar-refractivity contribution in [2.45, 2.75) is 24.9 Å². The molecule has 3 aliphatic rings. The molecule has 0 spiro atoms. The molecule has 0 aliphatic carbocycles. The lowest BCUT2D eigenvalue weighted by molar-refractivity contribution is 0.115. The molecule has 3 fully saturated rings. The van der Waals surface area contributed by atoms with E-state index in [9.17, 15) is 21.6 Å². The van der Waals surface area contributed by atoms with Crippen molar-refractivity contribution in [3.05, 3.63) is 0 Å². The van der Waals surface area contributed by atoms with Crippen molar-refractivity contribution in [1.82, 2.24) is 15.1 Å². The molecule has 0 aromatic rings. The Morgan fingerprint density at radius 3 is 2.00 bits per heavy atom. The summed E-state index contributed by atoms with van der Waals surface area (Å²) in [6, 6.07) is -0.429. The Balaban J connectivity index is 1.46. The van der Waals surface area contributed by atoms with Crippen molar-refractivity contribution in [3.63, 3.8) is 0 Å². The van der Waals surface area contributed by atoms with Crippen LogP contribution in [0.2, 0.25) is 0 Å². The lowest BCUT2D eigenvalue weighted by Gasteiger charge is -2.37. The molecular formula is C13H23N3O5S2. The van der Waals surface area contributed by atoms with Crippen LogP contribution in [0.1, 0.15) is 12.8 Å². The fraction of sp³-hybridized carbons (Fsp3) is 0.923. The number of carbonyl (C=O) groups excluding carboxylic acids is 1. The SMILES string of the molecule is O=C(NC1CCS(=O)(=O)C1)N1CCN(C2CCS(=O)(=O)C2)CC1. The lowest BCUT2D eigenvalue weighted by Crippen LogP contribution is -2.55. The molecule has 8 nitrogen and oxygen atoms in total. The molecule has 3 aliphatic heterocycles. The summed E-state index contributed by atoms with van der Waals surface area (Å²) in [6.07, 6.45) is 1.16. The highest BCUT2D eigenvalue weighted by Gasteiger charge is 2.35. The van der Waals surface area contributed by atoms with Gasteiger partial charge in [-0.15, -0.1) is 0 Å². The van der Waals surface area contributed by atoms with Crippen LogP contribution in [0.25, 0.3) is 0 Å². The molecule has 0 aromatic heterocycles. The Labute approximate surface area is 137 Å². The van der Waals surface area contributed by atoms with Crippen LogP contribution >= 0.6 is 0 Å². The molecule has 10 heteroatoms. The molecule has 3 heterocycles. The number of rotatable bonds is 2. The normalized spacial score (nSPS) is 33.7. The van der Waals surface area contributed by atoms with E-state index in [-0.39, 0.29) is 41.1 Å². The Morgan fingerprint density at radius 1 is 0.870 bits per heavy atom. The monoisotopic (exact) mass is 365 g/mol. The van der Waals surface area contributed by atoms with E-state index in [1.165, 1.54) is 0 Å². The summed E-state index contributed by atoms with van der Waals surface area (Å²) in [4.78, 5) is 16.0. The van der Waals surface area contributed by atoms with Gasteiger partial charge in [0.15, 0.2) is 19.7 Å². The van der Waals surface area contributed by atoms with Crippen LogP contribution in [0, 0.1) is 0 Å². The molecule has 132 valence electrons. The van der Waals surface area contributed by atoms with Gasteiger partial charge in [0.1, 0.15) is 0 Å². The number of amides is 2. The van der Waals surface area contributed by atoms with Crippen molar-refractivity contribution in [3.8, 4) is 0 Å². The van der Waals surface area contributed by atoms with Gasteiger partial charge in [-0.05, 0) is 12.8 Å². The van der Waals surface area contributed by atoms with Crippen LogP contribution in [-0.4, -0.2) is 93.9 Å². The van der Waals surface area contributed by atoms with E-state index in [0.717, 1.165) is 0 Å². The van der Waals surface area contributed by atoms with Crippen LogP contribution in [0.4, 0.5) is 4.79 Å². The van der Waals surface area contributed by atoms with Gasteiger partial charge in [-0.2, -0.15) is 0 Å². The van der Waals surface area contributed by atoms with Gasteiger partial charge in [-0.1, -0.05) is 0 Å². The van der Waals surface area contributed by atoms with E-state index < -0.39 is 19.7 Å². The standard InChI is InChI=1S/C13H23N3O5S2/c17-13(14-11-1-7-22(18,19)9-11)16-5-3-15(4-6-16)12-2-8-23(20,21)10-12/h11-12H,1-10H2,(H,14,17). The van der Waals surface area contributed by atoms with Gasteiger partial charge in [-0.3, -0.25) is 4.90 Å². The number of nitrogens with one attached hydrogen (secondary N) is 1. The molecule has 0 saturated carbocycles. The van der Waals surface area contributed by atoms with Crippen molar-refractivity contribution in [1.29, 1.82) is 0 Å². The summed E-state index contributed by atoms with van der Waals surface area (Å²) in [5.74, 6) is 0.647. The van der Waals surface area contributed by atoms with E-state index >= 15 is 0 Å². The predicted molar refractivity (Wildman–Crippen MR) is 85.8 cm³/mol. The van der Waals surface area contributed by atoms with Crippen molar-refractivity contribution in [2.24, 2.45) is 0 Å². The third kappa shape index (κ3) is 4.16. The van der Waals surface area contributed by atoms with Crippen LogP contribution in [0.3, 0.4) is 0 Å². The van der Waals surface area contributed by atoms with Crippen LogP contribution in [-0.2, 0) is 19.7 Å². The van der Waals surface area contributed by atoms with E-state index in [1.807, 2.05) is 0 Å². The minimum Gasteiger partial charge on any atom is -0.334 e. The maximum absolute atomic E-state index is 12.2. The highest BCUT2D eigenvalue weighted by atomic mass is 32.2. The average Bonchev–Trinajstić information content (AvgIpc) is 3.01. The zero-order chi connectivity index (χ0) is 16.7. The zero-order valence-electron chi connectivity index (χ0n) is 13.0. The maximum atomic E-state index is 12.2. The third-order valence-corrected chi connectivity index (χ3v) is 8.40.